The number of carbonyl (C=O) groups is 1. The molecule has 1 aliphatic rings. The van der Waals surface area contributed by atoms with Gasteiger partial charge in [-0.3, -0.25) is 5.43 Å². The van der Waals surface area contributed by atoms with E-state index in [0.717, 1.165) is 37.0 Å². The van der Waals surface area contributed by atoms with Crippen molar-refractivity contribution in [1.82, 2.24) is 10.9 Å². The fourth-order valence-corrected chi connectivity index (χ4v) is 3.48. The van der Waals surface area contributed by atoms with Gasteiger partial charge in [0.05, 0.1) is 13.2 Å². The number of hydrazine groups is 1. The maximum atomic E-state index is 11.8. The molecule has 1 aliphatic heterocycles. The largest absolute Gasteiger partial charge is 0.466 e. The molecule has 3 N–H and O–H groups in total. The van der Waals surface area contributed by atoms with Gasteiger partial charge in [0, 0.05) is 29.7 Å². The van der Waals surface area contributed by atoms with Crippen LogP contribution < -0.4 is 10.9 Å². The first kappa shape index (κ1) is 23.6. The normalized spacial score (nSPS) is 19.5. The fourth-order valence-electron chi connectivity index (χ4n) is 3.31. The topological polar surface area (TPSA) is 79.8 Å². The van der Waals surface area contributed by atoms with E-state index in [4.69, 9.17) is 21.1 Å². The van der Waals surface area contributed by atoms with E-state index < -0.39 is 18.0 Å². The summed E-state index contributed by atoms with van der Waals surface area (Å²) in [5, 5.41) is 11.5. The second-order valence-corrected chi connectivity index (χ2v) is 7.59. The molecular weight excluding hydrogens is 392 g/mol. The number of benzene rings is 1. The molecule has 0 bridgehead atoms. The Morgan fingerprint density at radius 3 is 2.86 bits per heavy atom. The summed E-state index contributed by atoms with van der Waals surface area (Å²) in [5.74, 6) is -1.04. The Hall–Kier alpha value is -1.70. The van der Waals surface area contributed by atoms with Crippen molar-refractivity contribution >= 4 is 23.1 Å². The molecule has 0 radical (unpaired) electrons. The van der Waals surface area contributed by atoms with Crippen molar-refractivity contribution in [3.63, 3.8) is 0 Å². The van der Waals surface area contributed by atoms with Crippen LogP contribution in [0.4, 0.5) is 0 Å². The van der Waals surface area contributed by atoms with Gasteiger partial charge in [-0.15, -0.1) is 0 Å². The fraction of sp³-hybridized carbons (Fsp3) is 0.500. The summed E-state index contributed by atoms with van der Waals surface area (Å²) < 4.78 is 10.4. The summed E-state index contributed by atoms with van der Waals surface area (Å²) in [5.41, 5.74) is 9.08. The van der Waals surface area contributed by atoms with E-state index in [2.05, 4.69) is 17.4 Å². The van der Waals surface area contributed by atoms with Gasteiger partial charge in [-0.05, 0) is 55.0 Å². The molecule has 29 heavy (non-hydrogen) atoms. The van der Waals surface area contributed by atoms with Gasteiger partial charge in [-0.2, -0.15) is 0 Å². The molecule has 1 saturated heterocycles. The lowest BCUT2D eigenvalue weighted by Crippen LogP contribution is -2.44. The maximum Gasteiger partial charge on any atom is 0.333 e. The van der Waals surface area contributed by atoms with Gasteiger partial charge in [-0.1, -0.05) is 37.2 Å². The standard InChI is InChI=1S/C22H31ClN2O4/c1-5-16(13-24-25-20-8-6-7-11-29-20)19-12-17(23)9-10-18(19)21(26)14(2)15(3)22(27)28-4/h5,9-10,12,14,20-21,24-26H,3,6-8,11,13H2,1-2,4H3/b16-5+. The number of nitrogens with one attached hydrogen (secondary N) is 2. The first-order valence-electron chi connectivity index (χ1n) is 9.89. The number of esters is 1. The van der Waals surface area contributed by atoms with E-state index in [1.807, 2.05) is 19.1 Å². The number of halogens is 1. The molecule has 1 aromatic rings. The van der Waals surface area contributed by atoms with Gasteiger partial charge >= 0.3 is 5.97 Å². The average molecular weight is 423 g/mol. The molecule has 1 heterocycles. The Bertz CT molecular complexity index is 744. The van der Waals surface area contributed by atoms with Gasteiger partial charge in [0.2, 0.25) is 0 Å². The van der Waals surface area contributed by atoms with Crippen LogP contribution in [0.2, 0.25) is 5.02 Å². The van der Waals surface area contributed by atoms with Crippen LogP contribution in [0.3, 0.4) is 0 Å². The molecule has 160 valence electrons. The zero-order valence-corrected chi connectivity index (χ0v) is 18.1. The summed E-state index contributed by atoms with van der Waals surface area (Å²) in [6.07, 6.45) is 4.23. The molecule has 0 aliphatic carbocycles. The van der Waals surface area contributed by atoms with E-state index in [9.17, 15) is 9.90 Å². The summed E-state index contributed by atoms with van der Waals surface area (Å²) in [7, 11) is 1.30. The van der Waals surface area contributed by atoms with E-state index in [-0.39, 0.29) is 11.8 Å². The van der Waals surface area contributed by atoms with Crippen molar-refractivity contribution in [2.45, 2.75) is 45.4 Å². The number of aliphatic hydroxyl groups excluding tert-OH is 1. The van der Waals surface area contributed by atoms with Crippen molar-refractivity contribution in [2.24, 2.45) is 5.92 Å². The molecule has 1 fully saturated rings. The first-order chi connectivity index (χ1) is 13.9. The monoisotopic (exact) mass is 422 g/mol. The van der Waals surface area contributed by atoms with Gasteiger partial charge < -0.3 is 14.6 Å². The number of carbonyl (C=O) groups excluding carboxylic acids is 1. The molecule has 1 aromatic carbocycles. The third-order valence-corrected chi connectivity index (χ3v) is 5.46. The second-order valence-electron chi connectivity index (χ2n) is 7.15. The van der Waals surface area contributed by atoms with Crippen molar-refractivity contribution in [2.75, 3.05) is 20.3 Å². The van der Waals surface area contributed by atoms with Gasteiger partial charge in [0.25, 0.3) is 0 Å². The van der Waals surface area contributed by atoms with Crippen LogP contribution in [0, 0.1) is 5.92 Å². The number of ether oxygens (including phenoxy) is 2. The number of allylic oxidation sites excluding steroid dienone is 1. The highest BCUT2D eigenvalue weighted by molar-refractivity contribution is 6.30. The number of hydrogen-bond acceptors (Lipinski definition) is 6. The third-order valence-electron chi connectivity index (χ3n) is 5.22. The predicted octanol–water partition coefficient (Wildman–Crippen LogP) is 3.76. The Kier molecular flexibility index (Phi) is 9.33. The molecule has 0 aromatic heterocycles. The van der Waals surface area contributed by atoms with E-state index in [1.165, 1.54) is 7.11 Å². The minimum absolute atomic E-state index is 0.00493. The molecule has 0 saturated carbocycles. The first-order valence-corrected chi connectivity index (χ1v) is 10.3. The van der Waals surface area contributed by atoms with Crippen molar-refractivity contribution in [1.29, 1.82) is 0 Å². The molecule has 6 nitrogen and oxygen atoms in total. The van der Waals surface area contributed by atoms with Crippen LogP contribution in [0.15, 0.2) is 36.4 Å². The summed E-state index contributed by atoms with van der Waals surface area (Å²) in [6, 6.07) is 5.33. The van der Waals surface area contributed by atoms with Crippen LogP contribution in [-0.2, 0) is 14.3 Å². The SMILES string of the molecule is C=C(C(=O)OC)C(C)C(O)c1ccc(Cl)cc1/C(=C/C)CNNC1CCCCO1. The quantitative estimate of drug-likeness (QED) is 0.319. The Morgan fingerprint density at radius 2 is 2.24 bits per heavy atom. The number of hydrogen-bond donors (Lipinski definition) is 3. The van der Waals surface area contributed by atoms with E-state index >= 15 is 0 Å². The Balaban J connectivity index is 2.16. The Morgan fingerprint density at radius 1 is 1.48 bits per heavy atom. The predicted molar refractivity (Wildman–Crippen MR) is 115 cm³/mol. The lowest BCUT2D eigenvalue weighted by atomic mass is 9.87. The maximum absolute atomic E-state index is 11.8. The van der Waals surface area contributed by atoms with Crippen LogP contribution in [0.1, 0.15) is 50.3 Å². The molecular formula is C22H31ClN2O4. The van der Waals surface area contributed by atoms with Crippen LogP contribution >= 0.6 is 11.6 Å². The van der Waals surface area contributed by atoms with Crippen molar-refractivity contribution < 1.29 is 19.4 Å². The minimum atomic E-state index is -0.932. The van der Waals surface area contributed by atoms with Gasteiger partial charge in [-0.25, -0.2) is 10.2 Å². The highest BCUT2D eigenvalue weighted by atomic mass is 35.5. The molecule has 7 heteroatoms. The number of rotatable bonds is 9. The van der Waals surface area contributed by atoms with Crippen molar-refractivity contribution in [3.05, 3.63) is 52.6 Å². The lowest BCUT2D eigenvalue weighted by Gasteiger charge is -2.26. The van der Waals surface area contributed by atoms with E-state index in [0.29, 0.717) is 17.1 Å². The zero-order valence-electron chi connectivity index (χ0n) is 17.3. The molecule has 3 unspecified atom stereocenters. The minimum Gasteiger partial charge on any atom is -0.466 e. The molecule has 3 atom stereocenters. The lowest BCUT2D eigenvalue weighted by molar-refractivity contribution is -0.137. The molecule has 2 rings (SSSR count). The number of aliphatic hydroxyl groups is 1. The molecule has 0 spiro atoms. The van der Waals surface area contributed by atoms with Gasteiger partial charge in [0.1, 0.15) is 6.23 Å². The number of methoxy groups -OCH3 is 1. The summed E-state index contributed by atoms with van der Waals surface area (Å²) >= 11 is 6.24. The van der Waals surface area contributed by atoms with Crippen molar-refractivity contribution in [3.8, 4) is 0 Å². The zero-order chi connectivity index (χ0) is 21.4. The van der Waals surface area contributed by atoms with Crippen LogP contribution in [-0.4, -0.2) is 37.6 Å². The Labute approximate surface area is 177 Å². The highest BCUT2D eigenvalue weighted by Gasteiger charge is 2.26. The second kappa shape index (κ2) is 11.5. The van der Waals surface area contributed by atoms with E-state index in [1.54, 1.807) is 19.1 Å². The summed E-state index contributed by atoms with van der Waals surface area (Å²) in [6.45, 7) is 8.74. The average Bonchev–Trinajstić information content (AvgIpc) is 2.75. The third kappa shape index (κ3) is 6.39. The molecule has 0 amide bonds. The summed E-state index contributed by atoms with van der Waals surface area (Å²) in [4.78, 5) is 11.8. The van der Waals surface area contributed by atoms with Crippen LogP contribution in [0.25, 0.3) is 5.57 Å². The van der Waals surface area contributed by atoms with Crippen LogP contribution in [0.5, 0.6) is 0 Å². The van der Waals surface area contributed by atoms with Gasteiger partial charge in [0.15, 0.2) is 0 Å². The smallest absolute Gasteiger partial charge is 0.333 e. The highest BCUT2D eigenvalue weighted by Crippen LogP contribution is 2.34.